The first-order valence-electron chi connectivity index (χ1n) is 9.43. The number of nitrogens with one attached hydrogen (secondary N) is 1. The summed E-state index contributed by atoms with van der Waals surface area (Å²) in [4.78, 5) is 12.4. The third-order valence-corrected chi connectivity index (χ3v) is 4.42. The SMILES string of the molecule is COc1ccc(C(=O)NN=Cc2cccc(OCc3ccc(C)cc3)c2)c(OC)c1. The highest BCUT2D eigenvalue weighted by Gasteiger charge is 2.12. The standard InChI is InChI=1S/C24H24N2O4/c1-17-7-9-18(10-8-17)16-30-21-6-4-5-19(13-21)15-25-26-24(27)22-12-11-20(28-2)14-23(22)29-3/h4-15H,16H2,1-3H3,(H,26,27). The van der Waals surface area contributed by atoms with E-state index in [1.165, 1.54) is 12.7 Å². The van der Waals surface area contributed by atoms with Gasteiger partial charge in [-0.15, -0.1) is 0 Å². The molecule has 0 unspecified atom stereocenters. The molecule has 0 aromatic heterocycles. The van der Waals surface area contributed by atoms with Gasteiger partial charge < -0.3 is 14.2 Å². The first-order valence-corrected chi connectivity index (χ1v) is 9.43. The Morgan fingerprint density at radius 1 is 0.967 bits per heavy atom. The quantitative estimate of drug-likeness (QED) is 0.448. The molecule has 6 nitrogen and oxygen atoms in total. The van der Waals surface area contributed by atoms with Crippen molar-refractivity contribution in [2.45, 2.75) is 13.5 Å². The lowest BCUT2D eigenvalue weighted by molar-refractivity contribution is 0.0952. The number of hydrogen-bond donors (Lipinski definition) is 1. The molecule has 6 heteroatoms. The molecule has 3 aromatic rings. The first kappa shape index (κ1) is 20.9. The predicted molar refractivity (Wildman–Crippen MR) is 117 cm³/mol. The number of amides is 1. The van der Waals surface area contributed by atoms with E-state index in [1.54, 1.807) is 31.5 Å². The Labute approximate surface area is 176 Å². The molecule has 0 saturated heterocycles. The van der Waals surface area contributed by atoms with Crippen LogP contribution in [0.15, 0.2) is 71.8 Å². The molecule has 3 aromatic carbocycles. The van der Waals surface area contributed by atoms with Gasteiger partial charge in [0.25, 0.3) is 5.91 Å². The number of benzene rings is 3. The fourth-order valence-corrected chi connectivity index (χ4v) is 2.75. The molecule has 1 N–H and O–H groups in total. The molecule has 0 spiro atoms. The fourth-order valence-electron chi connectivity index (χ4n) is 2.75. The molecule has 0 radical (unpaired) electrons. The van der Waals surface area contributed by atoms with Gasteiger partial charge in [-0.1, -0.05) is 42.0 Å². The van der Waals surface area contributed by atoms with Crippen molar-refractivity contribution in [3.8, 4) is 17.2 Å². The maximum absolute atomic E-state index is 12.4. The largest absolute Gasteiger partial charge is 0.497 e. The number of nitrogens with zero attached hydrogens (tertiary/aromatic N) is 1. The Morgan fingerprint density at radius 2 is 1.77 bits per heavy atom. The molecule has 0 heterocycles. The summed E-state index contributed by atoms with van der Waals surface area (Å²) in [6.45, 7) is 2.53. The van der Waals surface area contributed by atoms with Crippen LogP contribution in [0, 0.1) is 6.92 Å². The first-order chi connectivity index (χ1) is 14.6. The van der Waals surface area contributed by atoms with Gasteiger partial charge >= 0.3 is 0 Å². The molecule has 0 fully saturated rings. The van der Waals surface area contributed by atoms with E-state index in [4.69, 9.17) is 14.2 Å². The van der Waals surface area contributed by atoms with Crippen LogP contribution in [0.4, 0.5) is 0 Å². The van der Waals surface area contributed by atoms with Crippen molar-refractivity contribution in [1.29, 1.82) is 0 Å². The van der Waals surface area contributed by atoms with E-state index in [0.717, 1.165) is 16.9 Å². The smallest absolute Gasteiger partial charge is 0.275 e. The maximum atomic E-state index is 12.4. The Kier molecular flexibility index (Phi) is 7.05. The minimum atomic E-state index is -0.377. The molecule has 30 heavy (non-hydrogen) atoms. The molecule has 3 rings (SSSR count). The van der Waals surface area contributed by atoms with Crippen molar-refractivity contribution in [2.75, 3.05) is 14.2 Å². The van der Waals surface area contributed by atoms with E-state index in [-0.39, 0.29) is 5.91 Å². The number of hydrazone groups is 1. The average molecular weight is 404 g/mol. The summed E-state index contributed by atoms with van der Waals surface area (Å²) in [6.07, 6.45) is 1.56. The maximum Gasteiger partial charge on any atom is 0.275 e. The van der Waals surface area contributed by atoms with Crippen LogP contribution in [0.25, 0.3) is 0 Å². The average Bonchev–Trinajstić information content (AvgIpc) is 2.78. The summed E-state index contributed by atoms with van der Waals surface area (Å²) in [5.41, 5.74) is 5.99. The predicted octanol–water partition coefficient (Wildman–Crippen LogP) is 4.36. The molecule has 0 saturated carbocycles. The Balaban J connectivity index is 1.60. The summed E-state index contributed by atoms with van der Waals surface area (Å²) >= 11 is 0. The topological polar surface area (TPSA) is 69.2 Å². The van der Waals surface area contributed by atoms with Crippen LogP contribution >= 0.6 is 0 Å². The molecule has 0 aliphatic rings. The van der Waals surface area contributed by atoms with Crippen molar-refractivity contribution in [1.82, 2.24) is 5.43 Å². The van der Waals surface area contributed by atoms with Gasteiger partial charge in [-0.25, -0.2) is 5.43 Å². The molecule has 0 atom stereocenters. The summed E-state index contributed by atoms with van der Waals surface area (Å²) in [5.74, 6) is 1.36. The van der Waals surface area contributed by atoms with E-state index >= 15 is 0 Å². The zero-order valence-electron chi connectivity index (χ0n) is 17.2. The number of methoxy groups -OCH3 is 2. The Bertz CT molecular complexity index is 1030. The number of hydrogen-bond acceptors (Lipinski definition) is 5. The van der Waals surface area contributed by atoms with Crippen molar-refractivity contribution in [3.63, 3.8) is 0 Å². The minimum Gasteiger partial charge on any atom is -0.497 e. The van der Waals surface area contributed by atoms with Crippen LogP contribution in [0.2, 0.25) is 0 Å². The molecule has 1 amide bonds. The Hall–Kier alpha value is -3.80. The third-order valence-electron chi connectivity index (χ3n) is 4.42. The monoisotopic (exact) mass is 404 g/mol. The van der Waals surface area contributed by atoms with Crippen molar-refractivity contribution >= 4 is 12.1 Å². The zero-order valence-corrected chi connectivity index (χ0v) is 17.2. The lowest BCUT2D eigenvalue weighted by Gasteiger charge is -2.09. The van der Waals surface area contributed by atoms with Crippen molar-refractivity contribution in [2.24, 2.45) is 5.10 Å². The number of carbonyl (C=O) groups excluding carboxylic acids is 1. The summed E-state index contributed by atoms with van der Waals surface area (Å²) in [7, 11) is 3.05. The van der Waals surface area contributed by atoms with E-state index in [1.807, 2.05) is 36.4 Å². The van der Waals surface area contributed by atoms with Crippen LogP contribution in [0.5, 0.6) is 17.2 Å². The van der Waals surface area contributed by atoms with Gasteiger partial charge in [0, 0.05) is 6.07 Å². The van der Waals surface area contributed by atoms with Crippen molar-refractivity contribution in [3.05, 3.63) is 89.0 Å². The van der Waals surface area contributed by atoms with Crippen LogP contribution in [-0.4, -0.2) is 26.3 Å². The second kappa shape index (κ2) is 10.1. The minimum absolute atomic E-state index is 0.366. The van der Waals surface area contributed by atoms with Gasteiger partial charge in [-0.3, -0.25) is 4.79 Å². The van der Waals surface area contributed by atoms with E-state index in [9.17, 15) is 4.79 Å². The summed E-state index contributed by atoms with van der Waals surface area (Å²) < 4.78 is 16.2. The molecular weight excluding hydrogens is 380 g/mol. The molecule has 0 aliphatic heterocycles. The van der Waals surface area contributed by atoms with Gasteiger partial charge in [0.1, 0.15) is 23.9 Å². The molecule has 0 bridgehead atoms. The van der Waals surface area contributed by atoms with Gasteiger partial charge in [0.05, 0.1) is 26.0 Å². The van der Waals surface area contributed by atoms with Gasteiger partial charge in [0.2, 0.25) is 0 Å². The summed E-state index contributed by atoms with van der Waals surface area (Å²) in [6, 6.07) is 20.7. The second-order valence-corrected chi connectivity index (χ2v) is 6.61. The van der Waals surface area contributed by atoms with E-state index < -0.39 is 0 Å². The second-order valence-electron chi connectivity index (χ2n) is 6.61. The molecule has 154 valence electrons. The third kappa shape index (κ3) is 5.61. The number of rotatable bonds is 8. The highest BCUT2D eigenvalue weighted by molar-refractivity contribution is 5.97. The van der Waals surface area contributed by atoms with Gasteiger partial charge in [-0.2, -0.15) is 5.10 Å². The summed E-state index contributed by atoms with van der Waals surface area (Å²) in [5, 5.41) is 4.04. The lowest BCUT2D eigenvalue weighted by atomic mass is 10.2. The molecular formula is C24H24N2O4. The highest BCUT2D eigenvalue weighted by Crippen LogP contribution is 2.24. The fraction of sp³-hybridized carbons (Fsp3) is 0.167. The lowest BCUT2D eigenvalue weighted by Crippen LogP contribution is -2.18. The Morgan fingerprint density at radius 3 is 2.50 bits per heavy atom. The van der Waals surface area contributed by atoms with Gasteiger partial charge in [-0.05, 0) is 42.3 Å². The van der Waals surface area contributed by atoms with Crippen LogP contribution in [0.1, 0.15) is 27.0 Å². The molecule has 0 aliphatic carbocycles. The van der Waals surface area contributed by atoms with E-state index in [2.05, 4.69) is 29.6 Å². The van der Waals surface area contributed by atoms with Crippen LogP contribution in [-0.2, 0) is 6.61 Å². The van der Waals surface area contributed by atoms with Crippen molar-refractivity contribution < 1.29 is 19.0 Å². The van der Waals surface area contributed by atoms with Crippen LogP contribution in [0.3, 0.4) is 0 Å². The number of ether oxygens (including phenoxy) is 3. The number of aryl methyl sites for hydroxylation is 1. The normalized spacial score (nSPS) is 10.6. The van der Waals surface area contributed by atoms with Crippen LogP contribution < -0.4 is 19.6 Å². The number of carbonyl (C=O) groups is 1. The van der Waals surface area contributed by atoms with E-state index in [0.29, 0.717) is 23.7 Å². The highest BCUT2D eigenvalue weighted by atomic mass is 16.5. The van der Waals surface area contributed by atoms with Gasteiger partial charge in [0.15, 0.2) is 0 Å². The zero-order chi connectivity index (χ0) is 21.3.